The Kier molecular flexibility index (Phi) is 3.80. The highest BCUT2D eigenvalue weighted by Gasteiger charge is 2.27. The van der Waals surface area contributed by atoms with Crippen LogP contribution in [-0.4, -0.2) is 28.2 Å². The van der Waals surface area contributed by atoms with Gasteiger partial charge in [0, 0.05) is 0 Å². The maximum absolute atomic E-state index is 11.3. The minimum absolute atomic E-state index is 0.194. The molecule has 0 heterocycles. The Morgan fingerprint density at radius 1 is 1.55 bits per heavy atom. The van der Waals surface area contributed by atoms with Gasteiger partial charge >= 0.3 is 6.18 Å². The van der Waals surface area contributed by atoms with Crippen molar-refractivity contribution in [1.29, 1.82) is 0 Å². The molecule has 0 aromatic rings. The van der Waals surface area contributed by atoms with Crippen LogP contribution in [0.2, 0.25) is 0 Å². The van der Waals surface area contributed by atoms with Crippen molar-refractivity contribution in [2.24, 2.45) is 0 Å². The van der Waals surface area contributed by atoms with E-state index in [0.29, 0.717) is 5.37 Å². The topological polar surface area (TPSA) is 46.2 Å². The van der Waals surface area contributed by atoms with E-state index in [1.165, 1.54) is 5.32 Å². The summed E-state index contributed by atoms with van der Waals surface area (Å²) in [5.41, 5.74) is 0. The lowest BCUT2D eigenvalue weighted by atomic mass is 10.6. The van der Waals surface area contributed by atoms with E-state index < -0.39 is 18.6 Å². The number of nitrogens with one attached hydrogen (secondary N) is 1. The predicted octanol–water partition coefficient (Wildman–Crippen LogP) is -0.320. The molecule has 1 N–H and O–H groups in total. The summed E-state index contributed by atoms with van der Waals surface area (Å²) in [7, 11) is 0. The number of alkyl halides is 3. The number of carbonyl (C=O) groups excluding carboxylic acids is 1. The van der Waals surface area contributed by atoms with E-state index in [4.69, 9.17) is 0 Å². The molecule has 0 aromatic heterocycles. The molecule has 0 aliphatic heterocycles. The van der Waals surface area contributed by atoms with Crippen LogP contribution >= 0.6 is 0 Å². The monoisotopic (exact) mass is 187 g/mol. The normalized spacial score (nSPS) is 10.5. The number of hydrogen-bond donors (Lipinski definition) is 1. The molecule has 0 fully saturated rings. The molecule has 1 amide bonds. The lowest BCUT2D eigenvalue weighted by Crippen LogP contribution is -2.34. The maximum Gasteiger partial charge on any atom is 0.405 e. The molecule has 7 heteroatoms. The van der Waals surface area contributed by atoms with E-state index in [-0.39, 0.29) is 11.3 Å². The molecule has 0 aliphatic carbocycles. The van der Waals surface area contributed by atoms with Crippen molar-refractivity contribution in [3.63, 3.8) is 0 Å². The summed E-state index contributed by atoms with van der Waals surface area (Å²) in [6, 6.07) is 0. The lowest BCUT2D eigenvalue weighted by Gasteiger charge is -2.04. The van der Waals surface area contributed by atoms with Gasteiger partial charge in [0.2, 0.25) is 0 Å². The molecule has 64 valence electrons. The van der Waals surface area contributed by atoms with Crippen LogP contribution in [0.3, 0.4) is 0 Å². The highest BCUT2D eigenvalue weighted by atomic mass is 32.1. The predicted molar refractivity (Wildman–Crippen MR) is 33.3 cm³/mol. The molecule has 0 aromatic carbocycles. The third kappa shape index (κ3) is 7.04. The Balaban J connectivity index is 3.72. The van der Waals surface area contributed by atoms with Gasteiger partial charge in [-0.1, -0.05) is 0 Å². The van der Waals surface area contributed by atoms with Crippen LogP contribution in [0.4, 0.5) is 13.2 Å². The van der Waals surface area contributed by atoms with Crippen LogP contribution in [0.1, 0.15) is 0 Å². The average Bonchev–Trinajstić information content (AvgIpc) is 1.83. The fraction of sp³-hybridized carbons (Fsp3) is 0.500. The van der Waals surface area contributed by atoms with Crippen molar-refractivity contribution in [2.75, 3.05) is 6.54 Å². The maximum atomic E-state index is 11.3. The first-order valence-corrected chi connectivity index (χ1v) is 3.22. The Morgan fingerprint density at radius 2 is 2.09 bits per heavy atom. The molecule has 0 saturated carbocycles. The smallest absolute Gasteiger partial charge is 0.343 e. The van der Waals surface area contributed by atoms with Crippen molar-refractivity contribution < 1.29 is 22.2 Å². The quantitative estimate of drug-likeness (QED) is 0.602. The van der Waals surface area contributed by atoms with E-state index in [9.17, 15) is 22.2 Å². The van der Waals surface area contributed by atoms with Gasteiger partial charge in [0.15, 0.2) is 0 Å². The molecule has 3 nitrogen and oxygen atoms in total. The van der Waals surface area contributed by atoms with Gasteiger partial charge in [-0.3, -0.25) is 4.79 Å². The molecule has 11 heavy (non-hydrogen) atoms. The number of hydrogen-bond acceptors (Lipinski definition) is 2. The van der Waals surface area contributed by atoms with Gasteiger partial charge in [-0.25, -0.2) is 4.21 Å². The number of carbonyl (C=O) groups is 1. The Hall–Kier alpha value is -0.850. The summed E-state index contributed by atoms with van der Waals surface area (Å²) in [4.78, 5) is 10.2. The third-order valence-corrected chi connectivity index (χ3v) is 0.929. The zero-order valence-corrected chi connectivity index (χ0v) is 5.96. The average molecular weight is 187 g/mol. The molecule has 0 radical (unpaired) electrons. The van der Waals surface area contributed by atoms with Crippen LogP contribution < -0.4 is 5.32 Å². The van der Waals surface area contributed by atoms with Crippen LogP contribution in [0.25, 0.3) is 0 Å². The van der Waals surface area contributed by atoms with E-state index in [2.05, 4.69) is 0 Å². The minimum atomic E-state index is -4.43. The standard InChI is InChI=1S/C4H4F3NO2S/c5-4(6,7)2-8-3(9)1-11-10/h1H,2H2,(H,8,9). The minimum Gasteiger partial charge on any atom is -0.343 e. The second-order valence-corrected chi connectivity index (χ2v) is 1.98. The van der Waals surface area contributed by atoms with E-state index in [0.717, 1.165) is 0 Å². The Bertz CT molecular complexity index is 196. The Labute approximate surface area is 63.7 Å². The summed E-state index contributed by atoms with van der Waals surface area (Å²) in [5, 5.41) is 2.00. The molecule has 0 bridgehead atoms. The fourth-order valence-corrected chi connectivity index (χ4v) is 0.443. The second kappa shape index (κ2) is 4.12. The van der Waals surface area contributed by atoms with Gasteiger partial charge in [0.25, 0.3) is 5.91 Å². The molecule has 0 aliphatic rings. The van der Waals surface area contributed by atoms with Crippen molar-refractivity contribution in [3.05, 3.63) is 0 Å². The van der Waals surface area contributed by atoms with E-state index in [1.807, 2.05) is 0 Å². The summed E-state index contributed by atoms with van der Waals surface area (Å²) < 4.78 is 43.6. The number of rotatable bonds is 2. The van der Waals surface area contributed by atoms with Crippen molar-refractivity contribution in [1.82, 2.24) is 5.32 Å². The SMILES string of the molecule is O=S=CC(=O)NCC(F)(F)F. The number of amides is 1. The summed E-state index contributed by atoms with van der Waals surface area (Å²) in [6.07, 6.45) is -4.43. The van der Waals surface area contributed by atoms with Crippen molar-refractivity contribution in [3.8, 4) is 0 Å². The van der Waals surface area contributed by atoms with Crippen molar-refractivity contribution >= 4 is 22.5 Å². The molecule has 0 spiro atoms. The largest absolute Gasteiger partial charge is 0.405 e. The molecular formula is C4H4F3NO2S. The third-order valence-electron chi connectivity index (χ3n) is 0.618. The van der Waals surface area contributed by atoms with Gasteiger partial charge in [-0.05, 0) is 0 Å². The van der Waals surface area contributed by atoms with Gasteiger partial charge in [0.05, 0.1) is 16.6 Å². The molecule has 0 unspecified atom stereocenters. The Morgan fingerprint density at radius 3 is 2.45 bits per heavy atom. The summed E-state index contributed by atoms with van der Waals surface area (Å²) >= 11 is -0.194. The van der Waals surface area contributed by atoms with E-state index >= 15 is 0 Å². The molecule has 0 saturated heterocycles. The van der Waals surface area contributed by atoms with E-state index in [1.54, 1.807) is 0 Å². The van der Waals surface area contributed by atoms with Crippen molar-refractivity contribution in [2.45, 2.75) is 6.18 Å². The van der Waals surface area contributed by atoms with Gasteiger partial charge < -0.3 is 5.32 Å². The first-order chi connectivity index (χ1) is 4.95. The van der Waals surface area contributed by atoms with Gasteiger partial charge in [0.1, 0.15) is 6.54 Å². The van der Waals surface area contributed by atoms with Crippen LogP contribution in [0.15, 0.2) is 0 Å². The highest BCUT2D eigenvalue weighted by molar-refractivity contribution is 7.66. The van der Waals surface area contributed by atoms with Crippen LogP contribution in [0, 0.1) is 0 Å². The number of halogens is 3. The zero-order valence-electron chi connectivity index (χ0n) is 5.14. The van der Waals surface area contributed by atoms with Gasteiger partial charge in [-0.15, -0.1) is 0 Å². The summed E-state index contributed by atoms with van der Waals surface area (Å²) in [6.45, 7) is -1.41. The fourth-order valence-electron chi connectivity index (χ4n) is 0.273. The lowest BCUT2D eigenvalue weighted by molar-refractivity contribution is -0.134. The first-order valence-electron chi connectivity index (χ1n) is 2.42. The molecule has 0 rings (SSSR count). The zero-order chi connectivity index (χ0) is 8.91. The summed E-state index contributed by atoms with van der Waals surface area (Å²) in [5.74, 6) is -1.03. The molecular weight excluding hydrogens is 183 g/mol. The van der Waals surface area contributed by atoms with Gasteiger partial charge in [-0.2, -0.15) is 13.2 Å². The van der Waals surface area contributed by atoms with Crippen LogP contribution in [0.5, 0.6) is 0 Å². The first kappa shape index (κ1) is 10.2. The second-order valence-electron chi connectivity index (χ2n) is 1.55. The van der Waals surface area contributed by atoms with Crippen LogP contribution in [-0.2, 0) is 16.1 Å². The highest BCUT2D eigenvalue weighted by Crippen LogP contribution is 2.11. The molecule has 0 atom stereocenters.